The summed E-state index contributed by atoms with van der Waals surface area (Å²) in [7, 11) is 0. The predicted octanol–water partition coefficient (Wildman–Crippen LogP) is 4.68. The van der Waals surface area contributed by atoms with Gasteiger partial charge in [0.05, 0.1) is 0 Å². The average Bonchev–Trinajstić information content (AvgIpc) is 3.31. The van der Waals surface area contributed by atoms with Crippen LogP contribution in [0.2, 0.25) is 0 Å². The lowest BCUT2D eigenvalue weighted by Crippen LogP contribution is -2.54. The summed E-state index contributed by atoms with van der Waals surface area (Å²) in [5.74, 6) is 3.10. The number of carbonyl (C=O) groups is 2. The first-order chi connectivity index (χ1) is 12.3. The highest BCUT2D eigenvalue weighted by Gasteiger charge is 2.67. The molecule has 142 valence electrons. The van der Waals surface area contributed by atoms with Crippen LogP contribution in [0.25, 0.3) is 0 Å². The summed E-state index contributed by atoms with van der Waals surface area (Å²) in [6.45, 7) is 6.37. The lowest BCUT2D eigenvalue weighted by atomic mass is 9.47. The highest BCUT2D eigenvalue weighted by molar-refractivity contribution is 9.09. The van der Waals surface area contributed by atoms with Crippen LogP contribution in [0.4, 0.5) is 0 Å². The van der Waals surface area contributed by atoms with E-state index in [1.165, 1.54) is 18.4 Å². The monoisotopic (exact) mass is 420 g/mol. The van der Waals surface area contributed by atoms with Crippen molar-refractivity contribution in [3.63, 3.8) is 0 Å². The standard InChI is InChI=1S/C22H29BrO3/c1-11(24)26-20-5-4-14-12-9-18(23)17-10-19(25)13-8-16(13)22(17,3)15(12)6-7-21(14,20)2/h10,12-16,18,20H,4-9H2,1-3H3/t12-,13-,14-,15-,16?,18+,20-,21-,22-/m0/s1. The van der Waals surface area contributed by atoms with Crippen molar-refractivity contribution < 1.29 is 14.3 Å². The molecule has 4 saturated carbocycles. The summed E-state index contributed by atoms with van der Waals surface area (Å²) in [5, 5.41) is 0. The summed E-state index contributed by atoms with van der Waals surface area (Å²) in [6, 6.07) is 0. The molecule has 3 nitrogen and oxygen atoms in total. The number of ketones is 1. The third-order valence-electron chi connectivity index (χ3n) is 9.09. The van der Waals surface area contributed by atoms with Gasteiger partial charge in [-0.1, -0.05) is 29.8 Å². The van der Waals surface area contributed by atoms with Crippen LogP contribution in [0.15, 0.2) is 11.6 Å². The number of allylic oxidation sites excluding steroid dienone is 1. The van der Waals surface area contributed by atoms with Gasteiger partial charge in [0.15, 0.2) is 5.78 Å². The summed E-state index contributed by atoms with van der Waals surface area (Å²) < 4.78 is 5.76. The molecule has 0 bridgehead atoms. The Morgan fingerprint density at radius 3 is 2.65 bits per heavy atom. The fourth-order valence-corrected chi connectivity index (χ4v) is 8.85. The van der Waals surface area contributed by atoms with Crippen LogP contribution in [-0.2, 0) is 14.3 Å². The molecule has 26 heavy (non-hydrogen) atoms. The minimum Gasteiger partial charge on any atom is -0.462 e. The summed E-state index contributed by atoms with van der Waals surface area (Å²) in [5.41, 5.74) is 1.71. The summed E-state index contributed by atoms with van der Waals surface area (Å²) >= 11 is 3.96. The largest absolute Gasteiger partial charge is 0.462 e. The number of fused-ring (bicyclic) bond motifs is 7. The van der Waals surface area contributed by atoms with Crippen LogP contribution in [-0.4, -0.2) is 22.7 Å². The van der Waals surface area contributed by atoms with E-state index in [2.05, 4.69) is 29.8 Å². The molecule has 0 radical (unpaired) electrons. The lowest BCUT2D eigenvalue weighted by molar-refractivity contribution is -0.157. The molecule has 1 unspecified atom stereocenters. The Balaban J connectivity index is 1.50. The van der Waals surface area contributed by atoms with Gasteiger partial charge in [-0.2, -0.15) is 0 Å². The van der Waals surface area contributed by atoms with Crippen molar-refractivity contribution in [2.24, 2.45) is 40.4 Å². The zero-order chi connectivity index (χ0) is 18.4. The third-order valence-corrected chi connectivity index (χ3v) is 9.96. The van der Waals surface area contributed by atoms with Gasteiger partial charge < -0.3 is 4.74 Å². The molecule has 0 saturated heterocycles. The molecular weight excluding hydrogens is 392 g/mol. The second-order valence-corrected chi connectivity index (χ2v) is 11.1. The van der Waals surface area contributed by atoms with Crippen molar-refractivity contribution >= 4 is 27.7 Å². The second kappa shape index (κ2) is 5.46. The van der Waals surface area contributed by atoms with Crippen molar-refractivity contribution in [1.82, 2.24) is 0 Å². The number of esters is 1. The Hall–Kier alpha value is -0.640. The molecule has 0 heterocycles. The van der Waals surface area contributed by atoms with E-state index in [0.29, 0.717) is 40.2 Å². The molecular formula is C22H29BrO3. The molecule has 0 amide bonds. The van der Waals surface area contributed by atoms with Crippen LogP contribution >= 0.6 is 15.9 Å². The second-order valence-electron chi connectivity index (χ2n) is 10.0. The number of alkyl halides is 1. The van der Waals surface area contributed by atoms with Crippen LogP contribution < -0.4 is 0 Å². The quantitative estimate of drug-likeness (QED) is 0.456. The fraction of sp³-hybridized carbons (Fsp3) is 0.818. The Kier molecular flexibility index (Phi) is 3.66. The van der Waals surface area contributed by atoms with Gasteiger partial charge in [0.2, 0.25) is 0 Å². The highest BCUT2D eigenvalue weighted by Crippen LogP contribution is 2.71. The summed E-state index contributed by atoms with van der Waals surface area (Å²) in [6.07, 6.45) is 8.87. The average molecular weight is 421 g/mol. The zero-order valence-electron chi connectivity index (χ0n) is 16.0. The Morgan fingerprint density at radius 1 is 1.15 bits per heavy atom. The van der Waals surface area contributed by atoms with Crippen LogP contribution in [0.3, 0.4) is 0 Å². The van der Waals surface area contributed by atoms with E-state index >= 15 is 0 Å². The smallest absolute Gasteiger partial charge is 0.302 e. The highest BCUT2D eigenvalue weighted by atomic mass is 79.9. The predicted molar refractivity (Wildman–Crippen MR) is 103 cm³/mol. The minimum absolute atomic E-state index is 0.0890. The van der Waals surface area contributed by atoms with Gasteiger partial charge in [0.25, 0.3) is 0 Å². The van der Waals surface area contributed by atoms with Crippen molar-refractivity contribution in [1.29, 1.82) is 0 Å². The molecule has 5 aliphatic rings. The number of hydrogen-bond donors (Lipinski definition) is 0. The van der Waals surface area contributed by atoms with E-state index in [9.17, 15) is 9.59 Å². The maximum atomic E-state index is 12.4. The number of rotatable bonds is 1. The summed E-state index contributed by atoms with van der Waals surface area (Å²) in [4.78, 5) is 24.3. The van der Waals surface area contributed by atoms with Gasteiger partial charge >= 0.3 is 5.97 Å². The molecule has 4 heteroatoms. The van der Waals surface area contributed by atoms with Crippen molar-refractivity contribution in [2.75, 3.05) is 0 Å². The van der Waals surface area contributed by atoms with Gasteiger partial charge in [-0.05, 0) is 79.3 Å². The molecule has 9 atom stereocenters. The van der Waals surface area contributed by atoms with E-state index in [-0.39, 0.29) is 22.9 Å². The first kappa shape index (κ1) is 17.5. The Bertz CT molecular complexity index is 714. The third kappa shape index (κ3) is 2.11. The van der Waals surface area contributed by atoms with E-state index in [1.807, 2.05) is 6.08 Å². The maximum absolute atomic E-state index is 12.4. The number of hydrogen-bond acceptors (Lipinski definition) is 3. The minimum atomic E-state index is -0.134. The van der Waals surface area contributed by atoms with Crippen molar-refractivity contribution in [2.45, 2.75) is 70.2 Å². The maximum Gasteiger partial charge on any atom is 0.302 e. The van der Waals surface area contributed by atoms with Gasteiger partial charge in [-0.25, -0.2) is 0 Å². The number of ether oxygens (including phenoxy) is 1. The molecule has 0 N–H and O–H groups in total. The molecule has 5 rings (SSSR count). The molecule has 0 spiro atoms. The molecule has 5 aliphatic carbocycles. The first-order valence-electron chi connectivity index (χ1n) is 10.3. The van der Waals surface area contributed by atoms with Crippen molar-refractivity contribution in [3.05, 3.63) is 11.6 Å². The van der Waals surface area contributed by atoms with Crippen LogP contribution in [0.1, 0.15) is 59.3 Å². The number of halogens is 1. The fourth-order valence-electron chi connectivity index (χ4n) is 7.79. The molecule has 0 aromatic heterocycles. The van der Waals surface area contributed by atoms with Gasteiger partial charge in [-0.15, -0.1) is 0 Å². The Morgan fingerprint density at radius 2 is 1.92 bits per heavy atom. The van der Waals surface area contributed by atoms with Gasteiger partial charge in [-0.3, -0.25) is 9.59 Å². The lowest BCUT2D eigenvalue weighted by Gasteiger charge is -2.59. The number of carbonyl (C=O) groups excluding carboxylic acids is 2. The molecule has 0 aromatic carbocycles. The van der Waals surface area contributed by atoms with E-state index in [1.54, 1.807) is 6.92 Å². The molecule has 4 fully saturated rings. The molecule has 0 aromatic rings. The van der Waals surface area contributed by atoms with Crippen molar-refractivity contribution in [3.8, 4) is 0 Å². The molecule has 0 aliphatic heterocycles. The SMILES string of the molecule is CC(=O)O[C@H]1CC[C@H]2[C@@H]3C[C@@H](Br)C4=CC(=O)[C@H]5CC5[C@]4(C)[C@H]3CC[C@]12C. The Labute approximate surface area is 164 Å². The van der Waals surface area contributed by atoms with Crippen LogP contribution in [0.5, 0.6) is 0 Å². The zero-order valence-corrected chi connectivity index (χ0v) is 17.6. The van der Waals surface area contributed by atoms with E-state index < -0.39 is 0 Å². The normalized spacial score (nSPS) is 54.4. The van der Waals surface area contributed by atoms with Crippen LogP contribution in [0, 0.1) is 40.4 Å². The first-order valence-corrected chi connectivity index (χ1v) is 11.3. The van der Waals surface area contributed by atoms with Gasteiger partial charge in [0, 0.05) is 23.1 Å². The van der Waals surface area contributed by atoms with E-state index in [0.717, 1.165) is 25.7 Å². The van der Waals surface area contributed by atoms with Gasteiger partial charge in [0.1, 0.15) is 6.10 Å². The van der Waals surface area contributed by atoms with E-state index in [4.69, 9.17) is 4.74 Å². The topological polar surface area (TPSA) is 43.4 Å².